The van der Waals surface area contributed by atoms with E-state index in [1.165, 1.54) is 36.5 Å². The predicted octanol–water partition coefficient (Wildman–Crippen LogP) is 4.29. The van der Waals surface area contributed by atoms with Gasteiger partial charge in [0.1, 0.15) is 47.8 Å². The molecule has 0 saturated heterocycles. The molecule has 1 saturated carbocycles. The van der Waals surface area contributed by atoms with Gasteiger partial charge >= 0.3 is 12.3 Å². The minimum absolute atomic E-state index is 0.0345. The highest BCUT2D eigenvalue weighted by atomic mass is 35.5. The first-order valence-corrected chi connectivity index (χ1v) is 17.9. The molecule has 0 spiro atoms. The van der Waals surface area contributed by atoms with Crippen LogP contribution in [0.2, 0.25) is 5.02 Å². The lowest BCUT2D eigenvalue weighted by Gasteiger charge is -2.33. The van der Waals surface area contributed by atoms with Crippen molar-refractivity contribution in [3.05, 3.63) is 82.9 Å². The Morgan fingerprint density at radius 3 is 2.36 bits per heavy atom. The number of carbonyl (C=O) groups excluding carboxylic acids is 2. The molecule has 56 heavy (non-hydrogen) atoms. The maximum atomic E-state index is 15.9. The molecular formula is C34H39B3ClF6N9O3. The van der Waals surface area contributed by atoms with Gasteiger partial charge in [0.15, 0.2) is 11.8 Å². The molecule has 0 bridgehead atoms. The Labute approximate surface area is 326 Å². The molecule has 1 aliphatic rings. The Hall–Kier alpha value is -4.94. The molecule has 2 aromatic heterocycles. The third-order valence-electron chi connectivity index (χ3n) is 9.09. The van der Waals surface area contributed by atoms with Crippen molar-refractivity contribution in [1.82, 2.24) is 40.1 Å². The zero-order valence-electron chi connectivity index (χ0n) is 31.4. The number of amides is 2. The molecule has 296 valence electrons. The molecule has 3 N–H and O–H groups in total. The molecule has 1 fully saturated rings. The van der Waals surface area contributed by atoms with Crippen LogP contribution in [0.1, 0.15) is 74.2 Å². The Bertz CT molecular complexity index is 2100. The van der Waals surface area contributed by atoms with Crippen LogP contribution in [0.3, 0.4) is 0 Å². The van der Waals surface area contributed by atoms with Crippen LogP contribution in [0.15, 0.2) is 55.1 Å². The van der Waals surface area contributed by atoms with Crippen molar-refractivity contribution in [3.63, 3.8) is 0 Å². The van der Waals surface area contributed by atoms with Gasteiger partial charge in [-0.3, -0.25) is 19.8 Å². The van der Waals surface area contributed by atoms with Crippen molar-refractivity contribution < 1.29 is 40.7 Å². The largest absolute Gasteiger partial charge is 0.447 e. The van der Waals surface area contributed by atoms with Gasteiger partial charge in [-0.2, -0.15) is 23.4 Å². The lowest BCUT2D eigenvalue weighted by atomic mass is 9.49. The van der Waals surface area contributed by atoms with Gasteiger partial charge in [0, 0.05) is 29.4 Å². The second-order valence-electron chi connectivity index (χ2n) is 15.7. The van der Waals surface area contributed by atoms with Crippen molar-refractivity contribution in [2.24, 2.45) is 5.41 Å². The van der Waals surface area contributed by atoms with E-state index in [2.05, 4.69) is 20.5 Å². The van der Waals surface area contributed by atoms with Gasteiger partial charge in [0.05, 0.1) is 22.9 Å². The van der Waals surface area contributed by atoms with Gasteiger partial charge in [-0.1, -0.05) is 44.5 Å². The number of ether oxygens (including phenoxy) is 1. The zero-order valence-corrected chi connectivity index (χ0v) is 32.2. The maximum Gasteiger partial charge on any atom is 0.411 e. The highest BCUT2D eigenvalue weighted by Crippen LogP contribution is 2.49. The van der Waals surface area contributed by atoms with E-state index in [0.717, 1.165) is 22.0 Å². The number of nitrogens with zero attached hydrogens (tertiary/aromatic N) is 6. The highest BCUT2D eigenvalue weighted by Gasteiger charge is 2.64. The highest BCUT2D eigenvalue weighted by molar-refractivity contribution is 6.56. The first-order valence-electron chi connectivity index (χ1n) is 17.5. The van der Waals surface area contributed by atoms with Crippen molar-refractivity contribution in [2.45, 2.75) is 69.5 Å². The minimum Gasteiger partial charge on any atom is -0.447 e. The number of rotatable bonds is 12. The molecule has 0 radical (unpaired) electrons. The third-order valence-corrected chi connectivity index (χ3v) is 9.41. The van der Waals surface area contributed by atoms with E-state index in [9.17, 15) is 31.5 Å². The van der Waals surface area contributed by atoms with E-state index in [4.69, 9.17) is 21.7 Å². The summed E-state index contributed by atoms with van der Waals surface area (Å²) in [6, 6.07) is 6.01. The number of carbonyl (C=O) groups is 2. The fourth-order valence-corrected chi connectivity index (χ4v) is 5.88. The van der Waals surface area contributed by atoms with Crippen molar-refractivity contribution in [1.29, 1.82) is 5.41 Å². The molecule has 1 atom stereocenters. The van der Waals surface area contributed by atoms with E-state index in [1.807, 2.05) is 49.6 Å². The Morgan fingerprint density at radius 1 is 1.09 bits per heavy atom. The Morgan fingerprint density at radius 2 is 1.79 bits per heavy atom. The van der Waals surface area contributed by atoms with Gasteiger partial charge in [-0.05, 0) is 59.7 Å². The summed E-state index contributed by atoms with van der Waals surface area (Å²) in [4.78, 5) is 31.9. The molecule has 4 aromatic rings. The number of hydrogen-bond acceptors (Lipinski definition) is 7. The molecule has 2 aromatic carbocycles. The van der Waals surface area contributed by atoms with Crippen LogP contribution < -0.4 is 10.6 Å². The zero-order chi connectivity index (χ0) is 41.4. The predicted molar refractivity (Wildman–Crippen MR) is 204 cm³/mol. The summed E-state index contributed by atoms with van der Waals surface area (Å²) < 4.78 is 92.5. The van der Waals surface area contributed by atoms with E-state index in [0.29, 0.717) is 12.0 Å². The topological polar surface area (TPSA) is 143 Å². The number of guanidine groups is 1. The fourth-order valence-electron chi connectivity index (χ4n) is 5.68. The van der Waals surface area contributed by atoms with Gasteiger partial charge in [0.25, 0.3) is 12.3 Å². The standard InChI is InChI=1S/C34H39B3ClF6N9O3/c1-31(2,3)10-11-46-29(45)52(28(54)19-4-6-21(23(39)12-19)20-14-48-51(15-20)34(35,36)37)25(16-56-30(55)50-32(8-9-32)33(42,43)44)18-5-7-22(38)24(13-18)53-27(26(40)41)47-17-49-53/h4-7,12-15,17,25-26H,8-11,16,35-37H2,1-3H3,(H2,45,46)(H,50,55)/t25-/m1/s1. The van der Waals surface area contributed by atoms with Gasteiger partial charge in [0.2, 0.25) is 0 Å². The van der Waals surface area contributed by atoms with E-state index in [1.54, 1.807) is 10.9 Å². The number of aromatic nitrogens is 5. The van der Waals surface area contributed by atoms with Crippen molar-refractivity contribution in [3.8, 4) is 16.8 Å². The summed E-state index contributed by atoms with van der Waals surface area (Å²) in [5.74, 6) is -3.08. The van der Waals surface area contributed by atoms with Crippen molar-refractivity contribution in [2.75, 3.05) is 13.2 Å². The molecule has 1 aliphatic carbocycles. The molecule has 22 heteroatoms. The van der Waals surface area contributed by atoms with Crippen molar-refractivity contribution >= 4 is 53.1 Å². The molecule has 2 amide bonds. The number of alkyl carbamates (subject to hydrolysis) is 1. The number of alkyl halides is 5. The summed E-state index contributed by atoms with van der Waals surface area (Å²) in [6.45, 7) is 5.18. The SMILES string of the molecule is BC(B)(B)n1cc(-c2ccc(C(=O)N(C(=N)NCCC(C)(C)C)[C@H](COC(=O)NC3(C(F)(F)F)CC3)c3ccc(Cl)c(-n4ncnc4C(F)F)c3)cc2F)cn1. The minimum atomic E-state index is -4.76. The molecule has 12 nitrogen and oxygen atoms in total. The quantitative estimate of drug-likeness (QED) is 0.0840. The first kappa shape index (κ1) is 42.2. The van der Waals surface area contributed by atoms with Crippen LogP contribution in [-0.4, -0.2) is 95.8 Å². The average molecular weight is 804 g/mol. The maximum absolute atomic E-state index is 15.9. The summed E-state index contributed by atoms with van der Waals surface area (Å²) in [5, 5.41) is 21.5. The van der Waals surface area contributed by atoms with Crippen LogP contribution in [0.5, 0.6) is 0 Å². The monoisotopic (exact) mass is 803 g/mol. The van der Waals surface area contributed by atoms with Gasteiger partial charge in [-0.15, -0.1) is 0 Å². The summed E-state index contributed by atoms with van der Waals surface area (Å²) >= 11 is 6.42. The van der Waals surface area contributed by atoms with Crippen LogP contribution in [0.4, 0.5) is 31.1 Å². The number of halogens is 7. The number of benzene rings is 2. The average Bonchev–Trinajstić information content (AvgIpc) is 3.46. The molecular weight excluding hydrogens is 764 g/mol. The normalized spacial score (nSPS) is 14.6. The number of nitrogens with one attached hydrogen (secondary N) is 3. The van der Waals surface area contributed by atoms with Crippen LogP contribution >= 0.6 is 11.6 Å². The fraction of sp³-hybridized carbons (Fsp3) is 0.412. The van der Waals surface area contributed by atoms with Crippen LogP contribution in [0, 0.1) is 16.6 Å². The summed E-state index contributed by atoms with van der Waals surface area (Å²) in [6.07, 6.45) is -5.53. The molecule has 2 heterocycles. The molecule has 0 unspecified atom stereocenters. The Balaban J connectivity index is 1.58. The Kier molecular flexibility index (Phi) is 12.0. The third kappa shape index (κ3) is 9.53. The van der Waals surface area contributed by atoms with Gasteiger partial charge < -0.3 is 15.4 Å². The summed E-state index contributed by atoms with van der Waals surface area (Å²) in [5.41, 5.74) is -2.48. The van der Waals surface area contributed by atoms with E-state index >= 15 is 4.39 Å². The second kappa shape index (κ2) is 15.9. The van der Waals surface area contributed by atoms with Gasteiger partial charge in [-0.25, -0.2) is 27.6 Å². The smallest absolute Gasteiger partial charge is 0.411 e. The van der Waals surface area contributed by atoms with E-state index in [-0.39, 0.29) is 52.2 Å². The first-order chi connectivity index (χ1) is 26.0. The molecule has 5 rings (SSSR count). The van der Waals surface area contributed by atoms with Crippen LogP contribution in [0.25, 0.3) is 16.8 Å². The second-order valence-corrected chi connectivity index (χ2v) is 16.1. The number of hydrogen-bond donors (Lipinski definition) is 3. The molecule has 0 aliphatic heterocycles. The van der Waals surface area contributed by atoms with E-state index < -0.39 is 65.6 Å². The van der Waals surface area contributed by atoms with Crippen LogP contribution in [-0.2, 0) is 9.97 Å². The summed E-state index contributed by atoms with van der Waals surface area (Å²) in [7, 11) is 5.75. The lowest BCUT2D eigenvalue weighted by molar-refractivity contribution is -0.164. The lowest BCUT2D eigenvalue weighted by Crippen LogP contribution is -2.50.